The van der Waals surface area contributed by atoms with Crippen LogP contribution in [0.1, 0.15) is 23.7 Å². The molecule has 0 aliphatic heterocycles. The smallest absolute Gasteiger partial charge is 0.256 e. The number of hydrogen-bond acceptors (Lipinski definition) is 2. The zero-order chi connectivity index (χ0) is 13.0. The van der Waals surface area contributed by atoms with E-state index >= 15 is 0 Å². The molecule has 0 atom stereocenters. The van der Waals surface area contributed by atoms with Crippen LogP contribution in [0, 0.1) is 11.3 Å². The Bertz CT molecular complexity index is 594. The number of H-pyrrole nitrogens is 1. The van der Waals surface area contributed by atoms with Crippen molar-refractivity contribution in [2.45, 2.75) is 13.3 Å². The summed E-state index contributed by atoms with van der Waals surface area (Å²) in [4.78, 5) is 17.2. The predicted molar refractivity (Wildman–Crippen MR) is 70.1 cm³/mol. The summed E-state index contributed by atoms with van der Waals surface area (Å²) in [6.45, 7) is 3.00. The molecule has 0 fully saturated rings. The molecule has 0 spiro atoms. The van der Waals surface area contributed by atoms with E-state index in [4.69, 9.17) is 5.26 Å². The van der Waals surface area contributed by atoms with Crippen molar-refractivity contribution < 1.29 is 4.79 Å². The molecule has 0 aliphatic rings. The molecule has 2 rings (SSSR count). The Balaban J connectivity index is 2.32. The Morgan fingerprint density at radius 1 is 1.44 bits per heavy atom. The van der Waals surface area contributed by atoms with Gasteiger partial charge in [-0.3, -0.25) is 4.79 Å². The number of nitriles is 1. The third-order valence-electron chi connectivity index (χ3n) is 2.98. The van der Waals surface area contributed by atoms with Gasteiger partial charge in [-0.1, -0.05) is 12.1 Å². The van der Waals surface area contributed by atoms with Crippen LogP contribution < -0.4 is 0 Å². The SMILES string of the molecule is CCN(CCC#N)C(=O)c1cccc2cc[nH]c12. The summed E-state index contributed by atoms with van der Waals surface area (Å²) in [7, 11) is 0. The number of para-hydroxylation sites is 1. The molecule has 4 heteroatoms. The molecule has 4 nitrogen and oxygen atoms in total. The van der Waals surface area contributed by atoms with Gasteiger partial charge < -0.3 is 9.88 Å². The lowest BCUT2D eigenvalue weighted by molar-refractivity contribution is 0.0769. The van der Waals surface area contributed by atoms with Crippen LogP contribution in [0.4, 0.5) is 0 Å². The number of carbonyl (C=O) groups excluding carboxylic acids is 1. The highest BCUT2D eigenvalue weighted by Gasteiger charge is 2.16. The van der Waals surface area contributed by atoms with E-state index in [1.54, 1.807) is 4.90 Å². The number of nitrogens with zero attached hydrogens (tertiary/aromatic N) is 2. The summed E-state index contributed by atoms with van der Waals surface area (Å²) >= 11 is 0. The molecular formula is C14H15N3O. The van der Waals surface area contributed by atoms with Gasteiger partial charge in [0.05, 0.1) is 23.6 Å². The number of aromatic amines is 1. The molecule has 0 unspecified atom stereocenters. The van der Waals surface area contributed by atoms with E-state index in [-0.39, 0.29) is 5.91 Å². The maximum atomic E-state index is 12.4. The fourth-order valence-corrected chi connectivity index (χ4v) is 2.02. The lowest BCUT2D eigenvalue weighted by atomic mass is 10.1. The van der Waals surface area contributed by atoms with Crippen LogP contribution >= 0.6 is 0 Å². The van der Waals surface area contributed by atoms with Crippen LogP contribution in [-0.2, 0) is 0 Å². The Morgan fingerprint density at radius 3 is 3.00 bits per heavy atom. The molecule has 1 heterocycles. The molecule has 92 valence electrons. The summed E-state index contributed by atoms with van der Waals surface area (Å²) < 4.78 is 0. The number of aromatic nitrogens is 1. The molecule has 0 bridgehead atoms. The van der Waals surface area contributed by atoms with Crippen molar-refractivity contribution in [2.24, 2.45) is 0 Å². The summed E-state index contributed by atoms with van der Waals surface area (Å²) in [5.41, 5.74) is 1.52. The Labute approximate surface area is 106 Å². The quantitative estimate of drug-likeness (QED) is 0.894. The Morgan fingerprint density at radius 2 is 2.28 bits per heavy atom. The van der Waals surface area contributed by atoms with E-state index in [1.165, 1.54) is 0 Å². The molecule has 1 amide bonds. The second-order valence-electron chi connectivity index (χ2n) is 4.04. The van der Waals surface area contributed by atoms with Crippen molar-refractivity contribution in [3.8, 4) is 6.07 Å². The van der Waals surface area contributed by atoms with E-state index in [1.807, 2.05) is 37.4 Å². The van der Waals surface area contributed by atoms with Crippen molar-refractivity contribution in [1.82, 2.24) is 9.88 Å². The fourth-order valence-electron chi connectivity index (χ4n) is 2.02. The fraction of sp³-hybridized carbons (Fsp3) is 0.286. The number of hydrogen-bond donors (Lipinski definition) is 1. The van der Waals surface area contributed by atoms with Gasteiger partial charge in [-0.15, -0.1) is 0 Å². The minimum Gasteiger partial charge on any atom is -0.361 e. The van der Waals surface area contributed by atoms with Crippen molar-refractivity contribution in [2.75, 3.05) is 13.1 Å². The largest absolute Gasteiger partial charge is 0.361 e. The van der Waals surface area contributed by atoms with E-state index in [0.29, 0.717) is 25.1 Å². The van der Waals surface area contributed by atoms with Crippen LogP contribution in [0.2, 0.25) is 0 Å². The first-order chi connectivity index (χ1) is 8.77. The average Bonchev–Trinajstić information content (AvgIpc) is 2.87. The summed E-state index contributed by atoms with van der Waals surface area (Å²) in [6.07, 6.45) is 2.19. The van der Waals surface area contributed by atoms with Gasteiger partial charge in [-0.25, -0.2) is 0 Å². The Kier molecular flexibility index (Phi) is 3.63. The third-order valence-corrected chi connectivity index (χ3v) is 2.98. The molecule has 0 saturated heterocycles. The van der Waals surface area contributed by atoms with Gasteiger partial charge in [-0.05, 0) is 19.1 Å². The summed E-state index contributed by atoms with van der Waals surface area (Å²) in [5.74, 6) is -0.0270. The van der Waals surface area contributed by atoms with E-state index < -0.39 is 0 Å². The first-order valence-electron chi connectivity index (χ1n) is 6.00. The number of nitrogens with one attached hydrogen (secondary N) is 1. The monoisotopic (exact) mass is 241 g/mol. The van der Waals surface area contributed by atoms with Gasteiger partial charge in [0, 0.05) is 24.7 Å². The molecular weight excluding hydrogens is 226 g/mol. The van der Waals surface area contributed by atoms with Gasteiger partial charge in [0.1, 0.15) is 0 Å². The average molecular weight is 241 g/mol. The van der Waals surface area contributed by atoms with E-state index in [9.17, 15) is 4.79 Å². The first-order valence-corrected chi connectivity index (χ1v) is 6.00. The highest BCUT2D eigenvalue weighted by Crippen LogP contribution is 2.18. The third kappa shape index (κ3) is 2.21. The van der Waals surface area contributed by atoms with Gasteiger partial charge >= 0.3 is 0 Å². The topological polar surface area (TPSA) is 59.9 Å². The van der Waals surface area contributed by atoms with Crippen LogP contribution in [0.15, 0.2) is 30.5 Å². The van der Waals surface area contributed by atoms with Gasteiger partial charge in [0.2, 0.25) is 0 Å². The molecule has 18 heavy (non-hydrogen) atoms. The number of benzene rings is 1. The molecule has 1 N–H and O–H groups in total. The van der Waals surface area contributed by atoms with Crippen LogP contribution in [0.25, 0.3) is 10.9 Å². The number of carbonyl (C=O) groups is 1. The van der Waals surface area contributed by atoms with Crippen LogP contribution in [0.5, 0.6) is 0 Å². The normalized spacial score (nSPS) is 10.2. The zero-order valence-electron chi connectivity index (χ0n) is 10.3. The minimum absolute atomic E-state index is 0.0270. The zero-order valence-corrected chi connectivity index (χ0v) is 10.3. The van der Waals surface area contributed by atoms with Gasteiger partial charge in [-0.2, -0.15) is 5.26 Å². The molecule has 0 aliphatic carbocycles. The summed E-state index contributed by atoms with van der Waals surface area (Å²) in [5, 5.41) is 9.63. The predicted octanol–water partition coefficient (Wildman–Crippen LogP) is 2.54. The van der Waals surface area contributed by atoms with Crippen molar-refractivity contribution in [3.05, 3.63) is 36.0 Å². The number of rotatable bonds is 4. The lowest BCUT2D eigenvalue weighted by Gasteiger charge is -2.19. The summed E-state index contributed by atoms with van der Waals surface area (Å²) in [6, 6.07) is 9.67. The van der Waals surface area contributed by atoms with E-state index in [0.717, 1.165) is 10.9 Å². The maximum Gasteiger partial charge on any atom is 0.256 e. The standard InChI is InChI=1S/C14H15N3O/c1-2-17(10-4-8-15)14(18)12-6-3-5-11-7-9-16-13(11)12/h3,5-7,9,16H,2,4,10H2,1H3. The Hall–Kier alpha value is -2.28. The molecule has 0 saturated carbocycles. The van der Waals surface area contributed by atoms with Gasteiger partial charge in [0.15, 0.2) is 0 Å². The molecule has 0 radical (unpaired) electrons. The maximum absolute atomic E-state index is 12.4. The van der Waals surface area contributed by atoms with Gasteiger partial charge in [0.25, 0.3) is 5.91 Å². The highest BCUT2D eigenvalue weighted by molar-refractivity contribution is 6.05. The van der Waals surface area contributed by atoms with Crippen molar-refractivity contribution in [3.63, 3.8) is 0 Å². The second kappa shape index (κ2) is 5.37. The highest BCUT2D eigenvalue weighted by atomic mass is 16.2. The van der Waals surface area contributed by atoms with Crippen LogP contribution in [-0.4, -0.2) is 28.9 Å². The van der Waals surface area contributed by atoms with E-state index in [2.05, 4.69) is 11.1 Å². The number of fused-ring (bicyclic) bond motifs is 1. The lowest BCUT2D eigenvalue weighted by Crippen LogP contribution is -2.31. The minimum atomic E-state index is -0.0270. The van der Waals surface area contributed by atoms with Crippen molar-refractivity contribution >= 4 is 16.8 Å². The first kappa shape index (κ1) is 12.2. The second-order valence-corrected chi connectivity index (χ2v) is 4.04. The molecule has 1 aromatic heterocycles. The molecule has 2 aromatic rings. The van der Waals surface area contributed by atoms with Crippen LogP contribution in [0.3, 0.4) is 0 Å². The molecule has 1 aromatic carbocycles. The number of amides is 1. The van der Waals surface area contributed by atoms with Crippen molar-refractivity contribution in [1.29, 1.82) is 5.26 Å².